The highest BCUT2D eigenvalue weighted by Crippen LogP contribution is 2.26. The number of nitrogens with zero attached hydrogens (tertiary/aromatic N) is 1. The Morgan fingerprint density at radius 1 is 0.903 bits per heavy atom. The molecule has 0 aliphatic heterocycles. The van der Waals surface area contributed by atoms with Crippen LogP contribution in [0.3, 0.4) is 0 Å². The van der Waals surface area contributed by atoms with Crippen molar-refractivity contribution in [1.29, 1.82) is 0 Å². The standard InChI is InChI=1S/C23H22Cl2N2O3S/c1-15-4-10-20(12-16(15)2)27(31(3,29)30)14-17-5-7-18(8-6-17)23(28)26-19-9-11-21(24)22(25)13-19/h4-13H,14H2,1-3H3,(H,26,28). The molecule has 0 aliphatic carbocycles. The molecule has 3 aromatic carbocycles. The van der Waals surface area contributed by atoms with E-state index in [1.165, 1.54) is 10.6 Å². The number of anilines is 2. The van der Waals surface area contributed by atoms with Crippen molar-refractivity contribution in [3.63, 3.8) is 0 Å². The Kier molecular flexibility index (Phi) is 6.94. The van der Waals surface area contributed by atoms with E-state index in [1.54, 1.807) is 48.5 Å². The number of halogens is 2. The molecule has 8 heteroatoms. The van der Waals surface area contributed by atoms with Crippen molar-refractivity contribution >= 4 is 50.5 Å². The molecule has 31 heavy (non-hydrogen) atoms. The van der Waals surface area contributed by atoms with Crippen LogP contribution in [0.2, 0.25) is 10.0 Å². The maximum absolute atomic E-state index is 12.5. The Bertz CT molecular complexity index is 1230. The summed E-state index contributed by atoms with van der Waals surface area (Å²) in [6, 6.07) is 17.2. The molecule has 0 radical (unpaired) electrons. The SMILES string of the molecule is Cc1ccc(N(Cc2ccc(C(=O)Nc3ccc(Cl)c(Cl)c3)cc2)S(C)(=O)=O)cc1C. The lowest BCUT2D eigenvalue weighted by Crippen LogP contribution is -2.29. The minimum Gasteiger partial charge on any atom is -0.322 e. The number of carbonyl (C=O) groups excluding carboxylic acids is 1. The molecule has 1 amide bonds. The summed E-state index contributed by atoms with van der Waals surface area (Å²) < 4.78 is 26.2. The molecule has 162 valence electrons. The molecule has 0 aliphatic rings. The molecule has 0 atom stereocenters. The monoisotopic (exact) mass is 476 g/mol. The van der Waals surface area contributed by atoms with Crippen LogP contribution in [-0.4, -0.2) is 20.6 Å². The molecule has 0 bridgehead atoms. The van der Waals surface area contributed by atoms with Gasteiger partial charge in [-0.3, -0.25) is 9.10 Å². The first-order chi connectivity index (χ1) is 14.5. The highest BCUT2D eigenvalue weighted by molar-refractivity contribution is 7.92. The highest BCUT2D eigenvalue weighted by atomic mass is 35.5. The van der Waals surface area contributed by atoms with Crippen LogP contribution in [0.25, 0.3) is 0 Å². The van der Waals surface area contributed by atoms with Gasteiger partial charge in [-0.05, 0) is 73.0 Å². The number of hydrogen-bond acceptors (Lipinski definition) is 3. The fraction of sp³-hybridized carbons (Fsp3) is 0.174. The second kappa shape index (κ2) is 9.30. The number of benzene rings is 3. The second-order valence-electron chi connectivity index (χ2n) is 7.32. The summed E-state index contributed by atoms with van der Waals surface area (Å²) in [4.78, 5) is 12.5. The van der Waals surface area contributed by atoms with E-state index in [2.05, 4.69) is 5.32 Å². The molecule has 0 saturated carbocycles. The zero-order chi connectivity index (χ0) is 22.8. The number of carbonyl (C=O) groups is 1. The van der Waals surface area contributed by atoms with Gasteiger partial charge < -0.3 is 5.32 Å². The average Bonchev–Trinajstić information content (AvgIpc) is 2.71. The Labute approximate surface area is 192 Å². The zero-order valence-corrected chi connectivity index (χ0v) is 19.6. The normalized spacial score (nSPS) is 11.3. The van der Waals surface area contributed by atoms with E-state index in [0.717, 1.165) is 16.7 Å². The van der Waals surface area contributed by atoms with Crippen molar-refractivity contribution in [3.8, 4) is 0 Å². The van der Waals surface area contributed by atoms with Crippen LogP contribution in [0.1, 0.15) is 27.0 Å². The second-order valence-corrected chi connectivity index (χ2v) is 10.0. The third-order valence-corrected chi connectivity index (χ3v) is 6.78. The average molecular weight is 477 g/mol. The Hall–Kier alpha value is -2.54. The molecule has 5 nitrogen and oxygen atoms in total. The van der Waals surface area contributed by atoms with Crippen LogP contribution < -0.4 is 9.62 Å². The molecule has 0 spiro atoms. The van der Waals surface area contributed by atoms with Gasteiger partial charge in [-0.25, -0.2) is 8.42 Å². The largest absolute Gasteiger partial charge is 0.322 e. The van der Waals surface area contributed by atoms with Crippen molar-refractivity contribution in [2.24, 2.45) is 0 Å². The number of aryl methyl sites for hydroxylation is 2. The lowest BCUT2D eigenvalue weighted by atomic mass is 10.1. The molecule has 0 saturated heterocycles. The van der Waals surface area contributed by atoms with Crippen LogP contribution >= 0.6 is 23.2 Å². The van der Waals surface area contributed by atoms with Crippen molar-refractivity contribution in [2.75, 3.05) is 15.9 Å². The molecule has 0 aromatic heterocycles. The quantitative estimate of drug-likeness (QED) is 0.486. The number of nitrogens with one attached hydrogen (secondary N) is 1. The summed E-state index contributed by atoms with van der Waals surface area (Å²) in [6.45, 7) is 4.09. The Morgan fingerprint density at radius 3 is 2.16 bits per heavy atom. The maximum atomic E-state index is 12.5. The smallest absolute Gasteiger partial charge is 0.255 e. The van der Waals surface area contributed by atoms with E-state index in [4.69, 9.17) is 23.2 Å². The number of rotatable bonds is 6. The lowest BCUT2D eigenvalue weighted by Gasteiger charge is -2.23. The minimum absolute atomic E-state index is 0.163. The van der Waals surface area contributed by atoms with Gasteiger partial charge in [0.05, 0.1) is 28.5 Å². The molecular formula is C23H22Cl2N2O3S. The fourth-order valence-corrected chi connectivity index (χ4v) is 4.16. The van der Waals surface area contributed by atoms with E-state index >= 15 is 0 Å². The summed E-state index contributed by atoms with van der Waals surface area (Å²) >= 11 is 11.9. The molecule has 0 fully saturated rings. The van der Waals surface area contributed by atoms with Crippen molar-refractivity contribution in [2.45, 2.75) is 20.4 Å². The number of amides is 1. The summed E-state index contributed by atoms with van der Waals surface area (Å²) in [6.07, 6.45) is 1.18. The third kappa shape index (κ3) is 5.79. The van der Waals surface area contributed by atoms with E-state index in [9.17, 15) is 13.2 Å². The predicted molar refractivity (Wildman–Crippen MR) is 128 cm³/mol. The van der Waals surface area contributed by atoms with Gasteiger partial charge in [0.15, 0.2) is 0 Å². The third-order valence-electron chi connectivity index (χ3n) is 4.90. The summed E-state index contributed by atoms with van der Waals surface area (Å²) in [5, 5.41) is 3.51. The molecular weight excluding hydrogens is 455 g/mol. The zero-order valence-electron chi connectivity index (χ0n) is 17.3. The van der Waals surface area contributed by atoms with E-state index < -0.39 is 10.0 Å². The van der Waals surface area contributed by atoms with Crippen LogP contribution in [0.4, 0.5) is 11.4 Å². The van der Waals surface area contributed by atoms with Crippen LogP contribution in [0, 0.1) is 13.8 Å². The Morgan fingerprint density at radius 2 is 1.58 bits per heavy atom. The van der Waals surface area contributed by atoms with Crippen LogP contribution in [-0.2, 0) is 16.6 Å². The minimum atomic E-state index is -3.49. The van der Waals surface area contributed by atoms with E-state index in [-0.39, 0.29) is 12.5 Å². The van der Waals surface area contributed by atoms with Crippen molar-refractivity contribution in [1.82, 2.24) is 0 Å². The molecule has 3 rings (SSSR count). The van der Waals surface area contributed by atoms with Crippen LogP contribution in [0.15, 0.2) is 60.7 Å². The van der Waals surface area contributed by atoms with Gasteiger partial charge in [-0.2, -0.15) is 0 Å². The fourth-order valence-electron chi connectivity index (χ4n) is 2.99. The summed E-state index contributed by atoms with van der Waals surface area (Å²) in [5.41, 5.74) is 4.44. The van der Waals surface area contributed by atoms with Crippen LogP contribution in [0.5, 0.6) is 0 Å². The van der Waals surface area contributed by atoms with Gasteiger partial charge in [0.2, 0.25) is 10.0 Å². The summed E-state index contributed by atoms with van der Waals surface area (Å²) in [5.74, 6) is -0.306. The Balaban J connectivity index is 1.78. The molecule has 0 heterocycles. The van der Waals surface area contributed by atoms with Gasteiger partial charge in [0.25, 0.3) is 5.91 Å². The van der Waals surface area contributed by atoms with Gasteiger partial charge >= 0.3 is 0 Å². The van der Waals surface area contributed by atoms with E-state index in [0.29, 0.717) is 27.0 Å². The predicted octanol–water partition coefficient (Wildman–Crippen LogP) is 5.83. The maximum Gasteiger partial charge on any atom is 0.255 e. The van der Waals surface area contributed by atoms with Gasteiger partial charge in [0, 0.05) is 11.3 Å². The summed E-state index contributed by atoms with van der Waals surface area (Å²) in [7, 11) is -3.49. The van der Waals surface area contributed by atoms with E-state index in [1.807, 2.05) is 26.0 Å². The number of sulfonamides is 1. The van der Waals surface area contributed by atoms with Crippen molar-refractivity contribution in [3.05, 3.63) is 93.0 Å². The van der Waals surface area contributed by atoms with Crippen molar-refractivity contribution < 1.29 is 13.2 Å². The first-order valence-corrected chi connectivity index (χ1v) is 12.1. The highest BCUT2D eigenvalue weighted by Gasteiger charge is 2.18. The first kappa shape index (κ1) is 23.1. The number of hydrogen-bond donors (Lipinski definition) is 1. The molecule has 0 unspecified atom stereocenters. The van der Waals surface area contributed by atoms with Gasteiger partial charge in [-0.1, -0.05) is 41.4 Å². The van der Waals surface area contributed by atoms with Gasteiger partial charge in [-0.15, -0.1) is 0 Å². The van der Waals surface area contributed by atoms with Gasteiger partial charge in [0.1, 0.15) is 0 Å². The molecule has 1 N–H and O–H groups in total. The first-order valence-electron chi connectivity index (χ1n) is 9.45. The molecule has 3 aromatic rings. The lowest BCUT2D eigenvalue weighted by molar-refractivity contribution is 0.102. The topological polar surface area (TPSA) is 66.5 Å².